The molecule has 1 heterocycles. The topological polar surface area (TPSA) is 64.6 Å². The molecule has 0 atom stereocenters. The summed E-state index contributed by atoms with van der Waals surface area (Å²) in [5.41, 5.74) is 1.52. The van der Waals surface area contributed by atoms with Crippen LogP contribution in [-0.4, -0.2) is 32.5 Å². The van der Waals surface area contributed by atoms with Crippen molar-refractivity contribution in [3.63, 3.8) is 0 Å². The van der Waals surface area contributed by atoms with Crippen LogP contribution in [0, 0.1) is 6.92 Å². The first-order chi connectivity index (χ1) is 9.97. The minimum absolute atomic E-state index is 0.0470. The van der Waals surface area contributed by atoms with Crippen LogP contribution in [0.4, 0.5) is 5.69 Å². The summed E-state index contributed by atoms with van der Waals surface area (Å²) in [4.78, 5) is 0. The van der Waals surface area contributed by atoms with Gasteiger partial charge >= 0.3 is 7.12 Å². The zero-order chi connectivity index (χ0) is 16.8. The largest absolute Gasteiger partial charge is 0.494 e. The Balaban J connectivity index is 2.24. The molecule has 0 spiro atoms. The van der Waals surface area contributed by atoms with E-state index in [0.29, 0.717) is 5.69 Å². The van der Waals surface area contributed by atoms with Gasteiger partial charge in [-0.15, -0.1) is 0 Å². The smallest absolute Gasteiger partial charge is 0.399 e. The van der Waals surface area contributed by atoms with Crippen molar-refractivity contribution >= 4 is 28.3 Å². The molecule has 7 heteroatoms. The molecule has 1 aliphatic rings. The van der Waals surface area contributed by atoms with Gasteiger partial charge in [0.1, 0.15) is 0 Å². The van der Waals surface area contributed by atoms with Crippen LogP contribution in [0.3, 0.4) is 0 Å². The lowest BCUT2D eigenvalue weighted by atomic mass is 9.78. The molecule has 0 aromatic heterocycles. The summed E-state index contributed by atoms with van der Waals surface area (Å²) in [5, 5.41) is 0. The standard InChI is InChI=1S/C15H24BNO4S/c1-7-22(18,19)17-13-9-8-12(10-11(13)2)16-20-14(3,4)15(5,6)21-16/h8-10,17H,7H2,1-6H3. The molecule has 0 amide bonds. The van der Waals surface area contributed by atoms with Gasteiger partial charge in [-0.05, 0) is 58.6 Å². The first kappa shape index (κ1) is 17.3. The molecule has 122 valence electrons. The molecule has 1 aliphatic heterocycles. The van der Waals surface area contributed by atoms with Crippen molar-refractivity contribution in [3.8, 4) is 0 Å². The number of hydrogen-bond donors (Lipinski definition) is 1. The Kier molecular flexibility index (Phi) is 4.36. The van der Waals surface area contributed by atoms with Gasteiger partial charge < -0.3 is 9.31 Å². The Labute approximate surface area is 133 Å². The zero-order valence-electron chi connectivity index (χ0n) is 14.1. The summed E-state index contributed by atoms with van der Waals surface area (Å²) in [5.74, 6) is 0.0470. The van der Waals surface area contributed by atoms with Gasteiger partial charge in [0.05, 0.1) is 22.6 Å². The molecule has 1 N–H and O–H groups in total. The monoisotopic (exact) mass is 325 g/mol. The fourth-order valence-corrected chi connectivity index (χ4v) is 2.88. The molecule has 1 saturated heterocycles. The van der Waals surface area contributed by atoms with Crippen LogP contribution >= 0.6 is 0 Å². The van der Waals surface area contributed by atoms with Crippen molar-refractivity contribution < 1.29 is 17.7 Å². The quantitative estimate of drug-likeness (QED) is 0.861. The molecule has 5 nitrogen and oxygen atoms in total. The molecular weight excluding hydrogens is 301 g/mol. The normalized spacial score (nSPS) is 20.2. The highest BCUT2D eigenvalue weighted by Crippen LogP contribution is 2.36. The third kappa shape index (κ3) is 3.31. The number of nitrogens with one attached hydrogen (secondary N) is 1. The van der Waals surface area contributed by atoms with Gasteiger partial charge in [-0.3, -0.25) is 4.72 Å². The van der Waals surface area contributed by atoms with Gasteiger partial charge in [0.15, 0.2) is 0 Å². The molecule has 22 heavy (non-hydrogen) atoms. The number of benzene rings is 1. The van der Waals surface area contributed by atoms with E-state index in [1.165, 1.54) is 0 Å². The summed E-state index contributed by atoms with van der Waals surface area (Å²) in [6.07, 6.45) is 0. The zero-order valence-corrected chi connectivity index (χ0v) is 14.9. The van der Waals surface area contributed by atoms with E-state index < -0.39 is 28.3 Å². The molecular formula is C15H24BNO4S. The Morgan fingerprint density at radius 3 is 2.14 bits per heavy atom. The number of hydrogen-bond acceptors (Lipinski definition) is 4. The van der Waals surface area contributed by atoms with Crippen LogP contribution in [0.5, 0.6) is 0 Å². The molecule has 0 aliphatic carbocycles. The maximum absolute atomic E-state index is 11.7. The number of aryl methyl sites for hydroxylation is 1. The van der Waals surface area contributed by atoms with Crippen LogP contribution in [0.2, 0.25) is 0 Å². The number of anilines is 1. The predicted octanol–water partition coefficient (Wildman–Crippen LogP) is 2.06. The lowest BCUT2D eigenvalue weighted by Gasteiger charge is -2.32. The van der Waals surface area contributed by atoms with E-state index in [2.05, 4.69) is 4.72 Å². The highest BCUT2D eigenvalue weighted by molar-refractivity contribution is 7.92. The maximum Gasteiger partial charge on any atom is 0.494 e. The van der Waals surface area contributed by atoms with E-state index in [1.807, 2.05) is 46.8 Å². The van der Waals surface area contributed by atoms with Crippen molar-refractivity contribution in [1.29, 1.82) is 0 Å². The second-order valence-electron chi connectivity index (χ2n) is 6.67. The minimum atomic E-state index is -3.28. The first-order valence-corrected chi connectivity index (χ1v) is 9.09. The Hall–Kier alpha value is -1.05. The molecule has 1 aromatic rings. The average Bonchev–Trinajstić information content (AvgIpc) is 2.61. The molecule has 0 radical (unpaired) electrons. The second-order valence-corrected chi connectivity index (χ2v) is 8.68. The van der Waals surface area contributed by atoms with Gasteiger partial charge in [0.2, 0.25) is 10.0 Å². The van der Waals surface area contributed by atoms with Gasteiger partial charge in [-0.2, -0.15) is 0 Å². The summed E-state index contributed by atoms with van der Waals surface area (Å²) in [6, 6.07) is 5.49. The van der Waals surface area contributed by atoms with Crippen LogP contribution in [0.15, 0.2) is 18.2 Å². The predicted molar refractivity (Wildman–Crippen MR) is 90.0 cm³/mol. The van der Waals surface area contributed by atoms with Crippen molar-refractivity contribution in [2.75, 3.05) is 10.5 Å². The lowest BCUT2D eigenvalue weighted by Crippen LogP contribution is -2.41. The molecule has 1 fully saturated rings. The highest BCUT2D eigenvalue weighted by Gasteiger charge is 2.51. The van der Waals surface area contributed by atoms with Crippen molar-refractivity contribution in [2.45, 2.75) is 52.7 Å². The lowest BCUT2D eigenvalue weighted by molar-refractivity contribution is 0.00578. The van der Waals surface area contributed by atoms with Crippen molar-refractivity contribution in [3.05, 3.63) is 23.8 Å². The maximum atomic E-state index is 11.7. The fourth-order valence-electron chi connectivity index (χ4n) is 2.17. The molecule has 0 unspecified atom stereocenters. The van der Waals surface area contributed by atoms with Crippen molar-refractivity contribution in [1.82, 2.24) is 0 Å². The van der Waals surface area contributed by atoms with Gasteiger partial charge in [0.25, 0.3) is 0 Å². The van der Waals surface area contributed by atoms with E-state index in [9.17, 15) is 8.42 Å². The van der Waals surface area contributed by atoms with E-state index in [-0.39, 0.29) is 5.75 Å². The highest BCUT2D eigenvalue weighted by atomic mass is 32.2. The second kappa shape index (κ2) is 5.55. The Bertz CT molecular complexity index is 654. The fraction of sp³-hybridized carbons (Fsp3) is 0.600. The Morgan fingerprint density at radius 1 is 1.14 bits per heavy atom. The van der Waals surface area contributed by atoms with Crippen LogP contribution < -0.4 is 10.2 Å². The van der Waals surface area contributed by atoms with Gasteiger partial charge in [-0.1, -0.05) is 12.1 Å². The summed E-state index contributed by atoms with van der Waals surface area (Å²) in [6.45, 7) is 11.5. The third-order valence-corrected chi connectivity index (χ3v) is 5.71. The summed E-state index contributed by atoms with van der Waals surface area (Å²) < 4.78 is 37.9. The summed E-state index contributed by atoms with van der Waals surface area (Å²) >= 11 is 0. The molecule has 1 aromatic carbocycles. The Morgan fingerprint density at radius 2 is 1.68 bits per heavy atom. The van der Waals surface area contributed by atoms with Crippen LogP contribution in [0.25, 0.3) is 0 Å². The third-order valence-electron chi connectivity index (χ3n) is 4.42. The minimum Gasteiger partial charge on any atom is -0.399 e. The summed E-state index contributed by atoms with van der Waals surface area (Å²) in [7, 11) is -3.72. The number of rotatable bonds is 4. The SMILES string of the molecule is CCS(=O)(=O)Nc1ccc(B2OC(C)(C)C(C)(C)O2)cc1C. The van der Waals surface area contributed by atoms with Gasteiger partial charge in [-0.25, -0.2) is 8.42 Å². The van der Waals surface area contributed by atoms with Crippen molar-refractivity contribution in [2.24, 2.45) is 0 Å². The molecule has 0 saturated carbocycles. The molecule has 2 rings (SSSR count). The number of sulfonamides is 1. The van der Waals surface area contributed by atoms with E-state index in [1.54, 1.807) is 13.0 Å². The van der Waals surface area contributed by atoms with Crippen LogP contribution in [-0.2, 0) is 19.3 Å². The van der Waals surface area contributed by atoms with Crippen LogP contribution in [0.1, 0.15) is 40.2 Å². The van der Waals surface area contributed by atoms with Gasteiger partial charge in [0, 0.05) is 0 Å². The van der Waals surface area contributed by atoms with E-state index in [4.69, 9.17) is 9.31 Å². The van der Waals surface area contributed by atoms with E-state index >= 15 is 0 Å². The van der Waals surface area contributed by atoms with E-state index in [0.717, 1.165) is 11.0 Å². The first-order valence-electron chi connectivity index (χ1n) is 7.44. The molecule has 0 bridgehead atoms. The average molecular weight is 325 g/mol.